The van der Waals surface area contributed by atoms with Gasteiger partial charge in [-0.25, -0.2) is 0 Å². The molecule has 0 radical (unpaired) electrons. The third-order valence-electron chi connectivity index (χ3n) is 2.53. The molecule has 0 aliphatic rings. The first-order valence-electron chi connectivity index (χ1n) is 6.09. The van der Waals surface area contributed by atoms with Crippen molar-refractivity contribution in [3.05, 3.63) is 17.5 Å². The van der Waals surface area contributed by atoms with Crippen LogP contribution in [0.3, 0.4) is 0 Å². The van der Waals surface area contributed by atoms with E-state index < -0.39 is 0 Å². The van der Waals surface area contributed by atoms with Crippen molar-refractivity contribution in [1.29, 1.82) is 0 Å². The van der Waals surface area contributed by atoms with Crippen LogP contribution in [-0.2, 0) is 17.8 Å². The van der Waals surface area contributed by atoms with Crippen molar-refractivity contribution in [3.8, 4) is 0 Å². The number of nitrogens with zero attached hydrogens (tertiary/aromatic N) is 2. The molecule has 100 valence electrons. The normalized spacial score (nSPS) is 10.3. The van der Waals surface area contributed by atoms with Gasteiger partial charge in [0, 0.05) is 38.1 Å². The average molecular weight is 262 g/mol. The third-order valence-corrected chi connectivity index (χ3v) is 2.53. The molecule has 0 saturated heterocycles. The highest BCUT2D eigenvalue weighted by atomic mass is 35.5. The van der Waals surface area contributed by atoms with Gasteiger partial charge in [0.2, 0.25) is 0 Å². The van der Waals surface area contributed by atoms with E-state index in [0.717, 1.165) is 45.0 Å². The van der Waals surface area contributed by atoms with Gasteiger partial charge in [0.05, 0.1) is 5.69 Å². The van der Waals surface area contributed by atoms with E-state index in [0.29, 0.717) is 0 Å². The largest absolute Gasteiger partial charge is 0.382 e. The van der Waals surface area contributed by atoms with Crippen molar-refractivity contribution >= 4 is 12.4 Å². The summed E-state index contributed by atoms with van der Waals surface area (Å²) in [4.78, 5) is 0. The number of ether oxygens (including phenoxy) is 1. The minimum absolute atomic E-state index is 0. The van der Waals surface area contributed by atoms with Gasteiger partial charge in [0.15, 0.2) is 0 Å². The molecule has 0 amide bonds. The van der Waals surface area contributed by atoms with E-state index in [1.165, 1.54) is 5.56 Å². The summed E-state index contributed by atoms with van der Waals surface area (Å²) in [6.07, 6.45) is 3.18. The second kappa shape index (κ2) is 9.45. The molecule has 1 aromatic heterocycles. The van der Waals surface area contributed by atoms with Gasteiger partial charge in [-0.15, -0.1) is 12.4 Å². The Bertz CT molecular complexity index is 302. The summed E-state index contributed by atoms with van der Waals surface area (Å²) in [6.45, 7) is 10.7. The topological polar surface area (TPSA) is 39.1 Å². The molecule has 0 fully saturated rings. The van der Waals surface area contributed by atoms with Crippen LogP contribution in [0.4, 0.5) is 0 Å². The van der Waals surface area contributed by atoms with E-state index >= 15 is 0 Å². The smallest absolute Gasteiger partial charge is 0.0638 e. The highest BCUT2D eigenvalue weighted by molar-refractivity contribution is 5.85. The fourth-order valence-corrected chi connectivity index (χ4v) is 1.56. The SMILES string of the molecule is CCOCCCNCc1cn(CC)nc1C.Cl. The highest BCUT2D eigenvalue weighted by Crippen LogP contribution is 2.04. The lowest BCUT2D eigenvalue weighted by Crippen LogP contribution is -2.16. The number of nitrogens with one attached hydrogen (secondary N) is 1. The van der Waals surface area contributed by atoms with Crippen LogP contribution in [0.15, 0.2) is 6.20 Å². The van der Waals surface area contributed by atoms with Gasteiger partial charge >= 0.3 is 0 Å². The Kier molecular flexibility index (Phi) is 9.13. The maximum absolute atomic E-state index is 5.27. The Hall–Kier alpha value is -0.580. The van der Waals surface area contributed by atoms with Crippen molar-refractivity contribution in [3.63, 3.8) is 0 Å². The van der Waals surface area contributed by atoms with E-state index in [1.807, 2.05) is 11.6 Å². The first-order chi connectivity index (χ1) is 7.77. The van der Waals surface area contributed by atoms with Gasteiger partial charge in [-0.3, -0.25) is 4.68 Å². The molecule has 1 heterocycles. The van der Waals surface area contributed by atoms with Crippen molar-refractivity contribution < 1.29 is 4.74 Å². The molecule has 0 aliphatic carbocycles. The van der Waals surface area contributed by atoms with E-state index in [4.69, 9.17) is 4.74 Å². The monoisotopic (exact) mass is 261 g/mol. The Morgan fingerprint density at radius 1 is 1.41 bits per heavy atom. The Balaban J connectivity index is 0.00000256. The quantitative estimate of drug-likeness (QED) is 0.729. The summed E-state index contributed by atoms with van der Waals surface area (Å²) in [7, 11) is 0. The molecule has 17 heavy (non-hydrogen) atoms. The second-order valence-corrected chi connectivity index (χ2v) is 3.82. The first kappa shape index (κ1) is 16.4. The number of halogens is 1. The fraction of sp³-hybridized carbons (Fsp3) is 0.750. The van der Waals surface area contributed by atoms with Gasteiger partial charge in [-0.1, -0.05) is 0 Å². The highest BCUT2D eigenvalue weighted by Gasteiger charge is 2.02. The number of aromatic nitrogens is 2. The van der Waals surface area contributed by atoms with Gasteiger partial charge in [0.1, 0.15) is 0 Å². The van der Waals surface area contributed by atoms with Crippen LogP contribution in [0.25, 0.3) is 0 Å². The molecule has 4 nitrogen and oxygen atoms in total. The molecule has 0 bridgehead atoms. The molecule has 5 heteroatoms. The lowest BCUT2D eigenvalue weighted by atomic mass is 10.2. The molecule has 0 unspecified atom stereocenters. The van der Waals surface area contributed by atoms with Crippen LogP contribution in [0.2, 0.25) is 0 Å². The van der Waals surface area contributed by atoms with Gasteiger partial charge in [-0.2, -0.15) is 5.10 Å². The first-order valence-corrected chi connectivity index (χ1v) is 6.09. The number of hydrogen-bond acceptors (Lipinski definition) is 3. The molecule has 0 saturated carbocycles. The molecule has 0 atom stereocenters. The standard InChI is InChI=1S/C12H23N3O.ClH/c1-4-15-10-12(11(3)14-15)9-13-7-6-8-16-5-2;/h10,13H,4-9H2,1-3H3;1H. The maximum atomic E-state index is 5.27. The maximum Gasteiger partial charge on any atom is 0.0638 e. The minimum Gasteiger partial charge on any atom is -0.382 e. The van der Waals surface area contributed by atoms with Crippen molar-refractivity contribution in [2.45, 2.75) is 40.3 Å². The molecule has 0 aromatic carbocycles. The minimum atomic E-state index is 0. The summed E-state index contributed by atoms with van der Waals surface area (Å²) in [5.74, 6) is 0. The molecular formula is C12H24ClN3O. The van der Waals surface area contributed by atoms with Gasteiger partial charge in [-0.05, 0) is 33.7 Å². The van der Waals surface area contributed by atoms with E-state index in [2.05, 4.69) is 30.5 Å². The van der Waals surface area contributed by atoms with Crippen LogP contribution in [0, 0.1) is 6.92 Å². The van der Waals surface area contributed by atoms with E-state index in [-0.39, 0.29) is 12.4 Å². The van der Waals surface area contributed by atoms with Gasteiger partial charge < -0.3 is 10.1 Å². The second-order valence-electron chi connectivity index (χ2n) is 3.82. The van der Waals surface area contributed by atoms with Crippen LogP contribution in [-0.4, -0.2) is 29.5 Å². The average Bonchev–Trinajstić information content (AvgIpc) is 2.65. The molecule has 1 rings (SSSR count). The molecule has 1 aromatic rings. The fourth-order valence-electron chi connectivity index (χ4n) is 1.56. The Morgan fingerprint density at radius 3 is 2.76 bits per heavy atom. The van der Waals surface area contributed by atoms with Crippen molar-refractivity contribution in [2.75, 3.05) is 19.8 Å². The molecular weight excluding hydrogens is 238 g/mol. The summed E-state index contributed by atoms with van der Waals surface area (Å²) >= 11 is 0. The predicted octanol–water partition coefficient (Wildman–Crippen LogP) is 2.15. The van der Waals surface area contributed by atoms with E-state index in [1.54, 1.807) is 0 Å². The Labute approximate surface area is 110 Å². The summed E-state index contributed by atoms with van der Waals surface area (Å²) in [5.41, 5.74) is 2.41. The summed E-state index contributed by atoms with van der Waals surface area (Å²) in [6, 6.07) is 0. The lowest BCUT2D eigenvalue weighted by Gasteiger charge is -2.03. The Morgan fingerprint density at radius 2 is 2.18 bits per heavy atom. The van der Waals surface area contributed by atoms with Crippen LogP contribution in [0.1, 0.15) is 31.5 Å². The van der Waals surface area contributed by atoms with Crippen LogP contribution >= 0.6 is 12.4 Å². The third kappa shape index (κ3) is 6.05. The number of aryl methyl sites for hydroxylation is 2. The predicted molar refractivity (Wildman–Crippen MR) is 72.7 cm³/mol. The van der Waals surface area contributed by atoms with Gasteiger partial charge in [0.25, 0.3) is 0 Å². The summed E-state index contributed by atoms with van der Waals surface area (Å²) < 4.78 is 7.25. The molecule has 0 aliphatic heterocycles. The molecule has 1 N–H and O–H groups in total. The summed E-state index contributed by atoms with van der Waals surface area (Å²) in [5, 5.41) is 7.81. The van der Waals surface area contributed by atoms with E-state index in [9.17, 15) is 0 Å². The molecule has 0 spiro atoms. The number of rotatable bonds is 8. The van der Waals surface area contributed by atoms with Crippen LogP contribution in [0.5, 0.6) is 0 Å². The van der Waals surface area contributed by atoms with Crippen LogP contribution < -0.4 is 5.32 Å². The zero-order chi connectivity index (χ0) is 11.8. The van der Waals surface area contributed by atoms with Crippen molar-refractivity contribution in [2.24, 2.45) is 0 Å². The zero-order valence-electron chi connectivity index (χ0n) is 11.0. The zero-order valence-corrected chi connectivity index (χ0v) is 11.8. The van der Waals surface area contributed by atoms with Crippen molar-refractivity contribution in [1.82, 2.24) is 15.1 Å². The number of hydrogen-bond donors (Lipinski definition) is 1. The lowest BCUT2D eigenvalue weighted by molar-refractivity contribution is 0.144.